The number of hydrogen-bond acceptors (Lipinski definition) is 0. The van der Waals surface area contributed by atoms with Gasteiger partial charge in [0.25, 0.3) is 0 Å². The summed E-state index contributed by atoms with van der Waals surface area (Å²) < 4.78 is 1.40. The molecule has 0 radical (unpaired) electrons. The third-order valence-corrected chi connectivity index (χ3v) is 2.53. The molecule has 1 rings (SSSR count). The first-order valence-electron chi connectivity index (χ1n) is 3.74. The molecular formula is C10H11I. The fraction of sp³-hybridized carbons (Fsp3) is 0.200. The average Bonchev–Trinajstić information content (AvgIpc) is 2.06. The van der Waals surface area contributed by atoms with Crippen LogP contribution in [-0.4, -0.2) is 0 Å². The lowest BCUT2D eigenvalue weighted by atomic mass is 10.2. The second-order valence-electron chi connectivity index (χ2n) is 2.36. The zero-order chi connectivity index (χ0) is 8.10. The largest absolute Gasteiger partial charge is 0.0622 e. The van der Waals surface area contributed by atoms with Gasteiger partial charge in [0.1, 0.15) is 0 Å². The van der Waals surface area contributed by atoms with E-state index in [-0.39, 0.29) is 0 Å². The van der Waals surface area contributed by atoms with Crippen molar-refractivity contribution < 1.29 is 0 Å². The van der Waals surface area contributed by atoms with E-state index >= 15 is 0 Å². The lowest BCUT2D eigenvalue weighted by Gasteiger charge is -1.93. The third kappa shape index (κ3) is 3.06. The molecule has 1 aromatic rings. The summed E-state index contributed by atoms with van der Waals surface area (Å²) in [5.74, 6) is 0. The molecule has 58 valence electrons. The topological polar surface area (TPSA) is 0 Å². The molecule has 0 atom stereocenters. The van der Waals surface area contributed by atoms with Crippen LogP contribution in [0.4, 0.5) is 0 Å². The Morgan fingerprint density at radius 1 is 1.36 bits per heavy atom. The van der Waals surface area contributed by atoms with Crippen LogP contribution in [0.3, 0.4) is 0 Å². The van der Waals surface area contributed by atoms with Crippen LogP contribution in [0.25, 0.3) is 6.08 Å². The summed E-state index contributed by atoms with van der Waals surface area (Å²) in [7, 11) is 0. The average molecular weight is 258 g/mol. The lowest BCUT2D eigenvalue weighted by molar-refractivity contribution is 1.22. The second kappa shape index (κ2) is 4.54. The minimum atomic E-state index is 1.12. The summed E-state index contributed by atoms with van der Waals surface area (Å²) in [6.07, 6.45) is 3.33. The van der Waals surface area contributed by atoms with Crippen LogP contribution in [0.2, 0.25) is 0 Å². The maximum Gasteiger partial charge on any atom is -0.00908 e. The van der Waals surface area contributed by atoms with Crippen molar-refractivity contribution in [3.8, 4) is 0 Å². The molecule has 0 amide bonds. The zero-order valence-corrected chi connectivity index (χ0v) is 8.71. The third-order valence-electron chi connectivity index (χ3n) is 1.46. The van der Waals surface area contributed by atoms with Gasteiger partial charge in [0, 0.05) is 0 Å². The zero-order valence-electron chi connectivity index (χ0n) is 6.55. The maximum absolute atomic E-state index is 2.37. The van der Waals surface area contributed by atoms with Crippen LogP contribution >= 0.6 is 22.6 Å². The summed E-state index contributed by atoms with van der Waals surface area (Å²) in [5, 5.41) is 0. The highest BCUT2D eigenvalue weighted by molar-refractivity contribution is 14.1. The number of halogens is 1. The van der Waals surface area contributed by atoms with Crippen molar-refractivity contribution in [2.75, 3.05) is 0 Å². The van der Waals surface area contributed by atoms with Crippen molar-refractivity contribution in [2.24, 2.45) is 0 Å². The Morgan fingerprint density at radius 3 is 2.55 bits per heavy atom. The highest BCUT2D eigenvalue weighted by Gasteiger charge is 1.87. The molecule has 11 heavy (non-hydrogen) atoms. The molecule has 0 spiro atoms. The predicted molar refractivity (Wildman–Crippen MR) is 58.7 cm³/mol. The Morgan fingerprint density at radius 2 is 2.00 bits per heavy atom. The first-order valence-corrected chi connectivity index (χ1v) is 4.82. The van der Waals surface area contributed by atoms with Crippen molar-refractivity contribution in [3.05, 3.63) is 39.5 Å². The minimum Gasteiger partial charge on any atom is -0.0622 e. The van der Waals surface area contributed by atoms with E-state index in [0.29, 0.717) is 0 Å². The second-order valence-corrected chi connectivity index (χ2v) is 3.74. The van der Waals surface area contributed by atoms with Crippen molar-refractivity contribution in [1.29, 1.82) is 0 Å². The van der Waals surface area contributed by atoms with Gasteiger partial charge >= 0.3 is 0 Å². The van der Waals surface area contributed by atoms with Gasteiger partial charge in [-0.15, -0.1) is 0 Å². The molecule has 0 saturated carbocycles. The van der Waals surface area contributed by atoms with Gasteiger partial charge in [0.15, 0.2) is 0 Å². The van der Waals surface area contributed by atoms with Gasteiger partial charge in [-0.05, 0) is 44.2 Å². The van der Waals surface area contributed by atoms with E-state index < -0.39 is 0 Å². The van der Waals surface area contributed by atoms with Crippen molar-refractivity contribution >= 4 is 28.7 Å². The van der Waals surface area contributed by atoms with Crippen LogP contribution in [0.1, 0.15) is 18.9 Å². The summed E-state index contributed by atoms with van der Waals surface area (Å²) in [6.45, 7) is 2.17. The van der Waals surface area contributed by atoms with Crippen LogP contribution in [0.15, 0.2) is 33.9 Å². The lowest BCUT2D eigenvalue weighted by Crippen LogP contribution is -1.70. The molecule has 0 aromatic heterocycles. The Labute approximate surface area is 81.5 Å². The van der Waals surface area contributed by atoms with Crippen molar-refractivity contribution in [1.82, 2.24) is 0 Å². The molecule has 0 unspecified atom stereocenters. The molecule has 0 N–H and O–H groups in total. The summed E-state index contributed by atoms with van der Waals surface area (Å²) in [6, 6.07) is 10.4. The van der Waals surface area contributed by atoms with Crippen molar-refractivity contribution in [3.63, 3.8) is 0 Å². The van der Waals surface area contributed by atoms with E-state index in [1.54, 1.807) is 0 Å². The number of benzene rings is 1. The van der Waals surface area contributed by atoms with Crippen LogP contribution in [0, 0.1) is 0 Å². The van der Waals surface area contributed by atoms with Crippen LogP contribution in [-0.2, 0) is 0 Å². The quantitative estimate of drug-likeness (QED) is 0.706. The van der Waals surface area contributed by atoms with E-state index in [1.807, 2.05) is 6.07 Å². The first-order chi connectivity index (χ1) is 5.33. The van der Waals surface area contributed by atoms with Gasteiger partial charge in [0.05, 0.1) is 0 Å². The molecule has 0 aliphatic rings. The van der Waals surface area contributed by atoms with Gasteiger partial charge in [-0.1, -0.05) is 37.3 Å². The predicted octanol–water partition coefficient (Wildman–Crippen LogP) is 3.87. The van der Waals surface area contributed by atoms with Gasteiger partial charge in [-0.2, -0.15) is 0 Å². The Bertz CT molecular complexity index is 236. The molecule has 0 aliphatic carbocycles. The van der Waals surface area contributed by atoms with Gasteiger partial charge < -0.3 is 0 Å². The molecule has 0 heterocycles. The maximum atomic E-state index is 2.37. The van der Waals surface area contributed by atoms with Crippen LogP contribution in [0.5, 0.6) is 0 Å². The SMILES string of the molecule is CC/C(I)=C\c1ccccc1. The molecular weight excluding hydrogens is 247 g/mol. The summed E-state index contributed by atoms with van der Waals surface area (Å²) in [4.78, 5) is 0. The summed E-state index contributed by atoms with van der Waals surface area (Å²) >= 11 is 2.37. The molecule has 1 aromatic carbocycles. The highest BCUT2D eigenvalue weighted by atomic mass is 127. The Balaban J connectivity index is 2.79. The molecule has 0 fully saturated rings. The Hall–Kier alpha value is -0.310. The van der Waals surface area contributed by atoms with E-state index in [1.165, 1.54) is 9.14 Å². The fourth-order valence-corrected chi connectivity index (χ4v) is 1.19. The molecule has 0 saturated heterocycles. The molecule has 0 bridgehead atoms. The van der Waals surface area contributed by atoms with E-state index in [0.717, 1.165) is 6.42 Å². The smallest absolute Gasteiger partial charge is 0.00908 e. The fourth-order valence-electron chi connectivity index (χ4n) is 0.832. The Kier molecular flexibility index (Phi) is 3.63. The molecule has 1 heteroatoms. The number of allylic oxidation sites excluding steroid dienone is 1. The highest BCUT2D eigenvalue weighted by Crippen LogP contribution is 2.15. The van der Waals surface area contributed by atoms with Crippen LogP contribution < -0.4 is 0 Å². The number of rotatable bonds is 2. The molecule has 0 nitrogen and oxygen atoms in total. The first kappa shape index (κ1) is 8.78. The normalized spacial score (nSPS) is 11.6. The summed E-state index contributed by atoms with van der Waals surface area (Å²) in [5.41, 5.74) is 1.29. The number of hydrogen-bond donors (Lipinski definition) is 0. The van der Waals surface area contributed by atoms with Crippen molar-refractivity contribution in [2.45, 2.75) is 13.3 Å². The standard InChI is InChI=1S/C10H11I/c1-2-10(11)8-9-6-4-3-5-7-9/h3-8H,2H2,1H3/b10-8+. The van der Waals surface area contributed by atoms with E-state index in [9.17, 15) is 0 Å². The van der Waals surface area contributed by atoms with Gasteiger partial charge in [0.2, 0.25) is 0 Å². The minimum absolute atomic E-state index is 1.12. The van der Waals surface area contributed by atoms with E-state index in [2.05, 4.69) is 59.9 Å². The van der Waals surface area contributed by atoms with Gasteiger partial charge in [-0.25, -0.2) is 0 Å². The molecule has 0 aliphatic heterocycles. The van der Waals surface area contributed by atoms with E-state index in [4.69, 9.17) is 0 Å². The monoisotopic (exact) mass is 258 g/mol. The van der Waals surface area contributed by atoms with Gasteiger partial charge in [-0.3, -0.25) is 0 Å².